The largest absolute Gasteiger partial charge is 0.504 e. The predicted molar refractivity (Wildman–Crippen MR) is 123 cm³/mol. The Balaban J connectivity index is 1.39. The lowest BCUT2D eigenvalue weighted by molar-refractivity contribution is -0.194. The van der Waals surface area contributed by atoms with Crippen LogP contribution in [0.3, 0.4) is 0 Å². The van der Waals surface area contributed by atoms with E-state index in [1.165, 1.54) is 17.0 Å². The van der Waals surface area contributed by atoms with Crippen molar-refractivity contribution in [3.05, 3.63) is 71.1 Å². The van der Waals surface area contributed by atoms with Crippen molar-refractivity contribution in [3.63, 3.8) is 0 Å². The first-order valence-corrected chi connectivity index (χ1v) is 12.1. The lowest BCUT2D eigenvalue weighted by Gasteiger charge is -2.64. The van der Waals surface area contributed by atoms with Gasteiger partial charge >= 0.3 is 0 Å². The number of halogens is 1. The van der Waals surface area contributed by atoms with E-state index < -0.39 is 40.8 Å². The van der Waals surface area contributed by atoms with Crippen LogP contribution in [-0.4, -0.2) is 68.7 Å². The molecule has 7 nitrogen and oxygen atoms in total. The standard InChI is InChI=1S/C27H25FN2O5/c1-2-10-29-11-9-26-21-14-3-6-19(31)22(21)35-23(26)18(7-8-27(26,34)20(29)12-14)30-24(32)16-5-4-15(28)13-17(16)25(30)33/h2-6,13,18,20,23,31,34H,1,7-12H2/t18?,20-,23?,26+,27-/m1/s1. The summed E-state index contributed by atoms with van der Waals surface area (Å²) in [5, 5.41) is 23.2. The van der Waals surface area contributed by atoms with Crippen molar-refractivity contribution < 1.29 is 28.9 Å². The number of imide groups is 1. The molecule has 5 atom stereocenters. The second-order valence-corrected chi connectivity index (χ2v) is 10.4. The second kappa shape index (κ2) is 6.71. The van der Waals surface area contributed by atoms with Crippen molar-refractivity contribution in [2.24, 2.45) is 0 Å². The van der Waals surface area contributed by atoms with Crippen LogP contribution in [0.15, 0.2) is 43.0 Å². The molecule has 35 heavy (non-hydrogen) atoms. The quantitative estimate of drug-likeness (QED) is 0.523. The van der Waals surface area contributed by atoms with E-state index in [0.29, 0.717) is 44.5 Å². The molecule has 1 saturated carbocycles. The van der Waals surface area contributed by atoms with E-state index in [9.17, 15) is 24.2 Å². The van der Waals surface area contributed by atoms with Gasteiger partial charge in [-0.3, -0.25) is 19.4 Å². The third kappa shape index (κ3) is 2.32. The van der Waals surface area contributed by atoms with E-state index in [2.05, 4.69) is 11.5 Å². The Morgan fingerprint density at radius 3 is 2.77 bits per heavy atom. The summed E-state index contributed by atoms with van der Waals surface area (Å²) in [6.07, 6.45) is 3.00. The predicted octanol–water partition coefficient (Wildman–Crippen LogP) is 2.54. The van der Waals surface area contributed by atoms with E-state index in [-0.39, 0.29) is 22.9 Å². The average molecular weight is 477 g/mol. The summed E-state index contributed by atoms with van der Waals surface area (Å²) in [6.45, 7) is 5.21. The number of benzene rings is 2. The number of nitrogens with zero attached hydrogens (tertiary/aromatic N) is 2. The van der Waals surface area contributed by atoms with Crippen LogP contribution in [0.4, 0.5) is 4.39 Å². The number of aromatic hydroxyl groups is 1. The Morgan fingerprint density at radius 1 is 1.17 bits per heavy atom. The maximum atomic E-state index is 13.9. The number of amides is 2. The fraction of sp³-hybridized carbons (Fsp3) is 0.407. The summed E-state index contributed by atoms with van der Waals surface area (Å²) in [4.78, 5) is 30.2. The lowest BCUT2D eigenvalue weighted by Crippen LogP contribution is -2.78. The molecule has 3 heterocycles. The fourth-order valence-corrected chi connectivity index (χ4v) is 7.79. The highest BCUT2D eigenvalue weighted by atomic mass is 19.1. The number of carbonyl (C=O) groups is 2. The Labute approximate surface area is 201 Å². The number of hydrogen-bond donors (Lipinski definition) is 2. The molecule has 5 aliphatic rings. The number of phenols is 1. The first kappa shape index (κ1) is 21.1. The molecule has 2 aromatic carbocycles. The summed E-state index contributed by atoms with van der Waals surface area (Å²) in [5.74, 6) is -1.26. The van der Waals surface area contributed by atoms with Crippen LogP contribution in [-0.2, 0) is 11.8 Å². The van der Waals surface area contributed by atoms with Gasteiger partial charge in [0, 0.05) is 18.2 Å². The smallest absolute Gasteiger partial charge is 0.262 e. The normalized spacial score (nSPS) is 34.5. The van der Waals surface area contributed by atoms with Gasteiger partial charge in [-0.2, -0.15) is 0 Å². The molecule has 3 aliphatic heterocycles. The first-order chi connectivity index (χ1) is 16.8. The van der Waals surface area contributed by atoms with Crippen LogP contribution in [0, 0.1) is 5.82 Å². The van der Waals surface area contributed by atoms with Gasteiger partial charge in [-0.1, -0.05) is 12.1 Å². The molecule has 2 aromatic rings. The molecule has 2 N–H and O–H groups in total. The number of rotatable bonds is 3. The number of piperidine rings is 1. The molecule has 180 valence electrons. The molecule has 2 bridgehead atoms. The highest BCUT2D eigenvalue weighted by Gasteiger charge is 2.74. The minimum atomic E-state index is -1.16. The van der Waals surface area contributed by atoms with E-state index in [1.807, 2.05) is 12.1 Å². The first-order valence-electron chi connectivity index (χ1n) is 12.1. The van der Waals surface area contributed by atoms with Crippen LogP contribution in [0.5, 0.6) is 11.5 Å². The molecule has 7 rings (SSSR count). The highest BCUT2D eigenvalue weighted by Crippen LogP contribution is 2.66. The summed E-state index contributed by atoms with van der Waals surface area (Å²) < 4.78 is 20.4. The van der Waals surface area contributed by atoms with E-state index in [0.717, 1.165) is 17.2 Å². The Bertz CT molecular complexity index is 1340. The zero-order chi connectivity index (χ0) is 24.3. The van der Waals surface area contributed by atoms with Crippen LogP contribution in [0.25, 0.3) is 0 Å². The van der Waals surface area contributed by atoms with Gasteiger partial charge in [0.2, 0.25) is 0 Å². The summed E-state index contributed by atoms with van der Waals surface area (Å²) in [5.41, 5.74) is 0.0127. The molecule has 0 aromatic heterocycles. The van der Waals surface area contributed by atoms with Gasteiger partial charge in [-0.25, -0.2) is 4.39 Å². The maximum absolute atomic E-state index is 13.9. The van der Waals surface area contributed by atoms with Gasteiger partial charge in [0.15, 0.2) is 11.5 Å². The molecule has 1 saturated heterocycles. The number of likely N-dealkylation sites (tertiary alicyclic amines) is 1. The molecule has 0 radical (unpaired) electrons. The number of fused-ring (bicyclic) bond motifs is 1. The van der Waals surface area contributed by atoms with Crippen molar-refractivity contribution in [1.29, 1.82) is 0 Å². The minimum Gasteiger partial charge on any atom is -0.504 e. The third-order valence-corrected chi connectivity index (χ3v) is 9.12. The lowest BCUT2D eigenvalue weighted by atomic mass is 9.48. The van der Waals surface area contributed by atoms with Crippen LogP contribution < -0.4 is 4.74 Å². The monoisotopic (exact) mass is 476 g/mol. The van der Waals surface area contributed by atoms with Crippen molar-refractivity contribution >= 4 is 11.8 Å². The molecule has 2 amide bonds. The summed E-state index contributed by atoms with van der Waals surface area (Å²) in [7, 11) is 0. The van der Waals surface area contributed by atoms with Crippen LogP contribution in [0.2, 0.25) is 0 Å². The van der Waals surface area contributed by atoms with Gasteiger partial charge in [-0.15, -0.1) is 6.58 Å². The van der Waals surface area contributed by atoms with Gasteiger partial charge in [0.05, 0.1) is 28.2 Å². The number of phenolic OH excluding ortho intramolecular Hbond substituents is 1. The van der Waals surface area contributed by atoms with E-state index >= 15 is 0 Å². The van der Waals surface area contributed by atoms with E-state index in [1.54, 1.807) is 6.07 Å². The molecule has 1 spiro atoms. The molecular formula is C27H25FN2O5. The van der Waals surface area contributed by atoms with Crippen molar-refractivity contribution in [3.8, 4) is 11.5 Å². The fourth-order valence-electron chi connectivity index (χ4n) is 7.79. The number of carbonyl (C=O) groups excluding carboxylic acids is 2. The van der Waals surface area contributed by atoms with Crippen molar-refractivity contribution in [1.82, 2.24) is 9.80 Å². The number of ether oxygens (including phenoxy) is 1. The van der Waals surface area contributed by atoms with E-state index in [4.69, 9.17) is 4.74 Å². The molecular weight excluding hydrogens is 451 g/mol. The van der Waals surface area contributed by atoms with Gasteiger partial charge < -0.3 is 14.9 Å². The van der Waals surface area contributed by atoms with Gasteiger partial charge in [-0.05, 0) is 62.1 Å². The highest BCUT2D eigenvalue weighted by molar-refractivity contribution is 6.21. The SMILES string of the molecule is C=CCN1CC[C@]23c4c5ccc(O)c4OC2C(N2C(=O)c4ccc(F)cc4C2=O)CC[C@@]3(O)[C@H]1C5. The zero-order valence-electron chi connectivity index (χ0n) is 19.0. The van der Waals surface area contributed by atoms with Crippen LogP contribution >= 0.6 is 0 Å². The molecule has 2 fully saturated rings. The van der Waals surface area contributed by atoms with Crippen molar-refractivity contribution in [2.75, 3.05) is 13.1 Å². The second-order valence-electron chi connectivity index (χ2n) is 10.4. The maximum Gasteiger partial charge on any atom is 0.262 e. The molecule has 2 aliphatic carbocycles. The topological polar surface area (TPSA) is 90.3 Å². The minimum absolute atomic E-state index is 0.00923. The Hall–Kier alpha value is -3.23. The zero-order valence-corrected chi connectivity index (χ0v) is 19.0. The van der Waals surface area contributed by atoms with Crippen molar-refractivity contribution in [2.45, 2.75) is 54.9 Å². The molecule has 8 heteroatoms. The van der Waals surface area contributed by atoms with Gasteiger partial charge in [0.25, 0.3) is 11.8 Å². The van der Waals surface area contributed by atoms with Crippen LogP contribution in [0.1, 0.15) is 51.1 Å². The third-order valence-electron chi connectivity index (χ3n) is 9.12. The Morgan fingerprint density at radius 2 is 1.97 bits per heavy atom. The Kier molecular flexibility index (Phi) is 4.04. The van der Waals surface area contributed by atoms with Gasteiger partial charge in [0.1, 0.15) is 11.9 Å². The number of hydrogen-bond acceptors (Lipinski definition) is 6. The summed E-state index contributed by atoms with van der Waals surface area (Å²) >= 11 is 0. The summed E-state index contributed by atoms with van der Waals surface area (Å²) in [6, 6.07) is 6.29. The average Bonchev–Trinajstić information content (AvgIpc) is 3.30. The molecule has 2 unspecified atom stereocenters. The number of aliphatic hydroxyl groups is 1.